The van der Waals surface area contributed by atoms with Crippen molar-refractivity contribution in [2.45, 2.75) is 24.3 Å². The summed E-state index contributed by atoms with van der Waals surface area (Å²) >= 11 is 1.49. The first-order valence-electron chi connectivity index (χ1n) is 5.67. The molecule has 0 aliphatic carbocycles. The summed E-state index contributed by atoms with van der Waals surface area (Å²) in [5.41, 5.74) is 6.97. The number of benzene rings is 1. The molecular weight excluding hydrogens is 286 g/mol. The van der Waals surface area contributed by atoms with Gasteiger partial charge in [-0.05, 0) is 25.1 Å². The summed E-state index contributed by atoms with van der Waals surface area (Å²) < 4.78 is 0. The van der Waals surface area contributed by atoms with Gasteiger partial charge in [-0.1, -0.05) is 0 Å². The van der Waals surface area contributed by atoms with Crippen molar-refractivity contribution in [2.75, 3.05) is 16.4 Å². The number of carbonyl (C=O) groups excluding carboxylic acids is 2. The highest BCUT2D eigenvalue weighted by molar-refractivity contribution is 8.00. The molecule has 5 nitrogen and oxygen atoms in total. The molecule has 7 heteroatoms. The Bertz CT molecular complexity index is 494. The Morgan fingerprint density at radius 2 is 2.32 bits per heavy atom. The molecule has 1 unspecified atom stereocenters. The van der Waals surface area contributed by atoms with Crippen molar-refractivity contribution in [3.05, 3.63) is 18.2 Å². The third-order valence-corrected chi connectivity index (χ3v) is 3.48. The first kappa shape index (κ1) is 15.8. The molecule has 104 valence electrons. The second-order valence-electron chi connectivity index (χ2n) is 4.28. The predicted octanol–water partition coefficient (Wildman–Crippen LogP) is 1.83. The first-order valence-corrected chi connectivity index (χ1v) is 6.65. The summed E-state index contributed by atoms with van der Waals surface area (Å²) in [5.74, 6) is 0.287. The molecule has 0 aromatic heterocycles. The second-order valence-corrected chi connectivity index (χ2v) is 5.29. The lowest BCUT2D eigenvalue weighted by molar-refractivity contribution is -0.116. The van der Waals surface area contributed by atoms with Crippen LogP contribution in [0.4, 0.5) is 11.4 Å². The Labute approximate surface area is 122 Å². The van der Waals surface area contributed by atoms with E-state index in [1.807, 2.05) is 12.1 Å². The molecule has 0 saturated heterocycles. The number of rotatable bonds is 3. The van der Waals surface area contributed by atoms with Gasteiger partial charge >= 0.3 is 0 Å². The highest BCUT2D eigenvalue weighted by atomic mass is 35.5. The lowest BCUT2D eigenvalue weighted by Gasteiger charge is -2.17. The predicted molar refractivity (Wildman–Crippen MR) is 79.9 cm³/mol. The molecule has 1 aliphatic heterocycles. The van der Waals surface area contributed by atoms with Crippen LogP contribution in [0.1, 0.15) is 13.3 Å². The summed E-state index contributed by atoms with van der Waals surface area (Å²) in [5, 5.41) is 5.54. The third kappa shape index (κ3) is 4.41. The molecule has 0 saturated carbocycles. The maximum absolute atomic E-state index is 11.6. The van der Waals surface area contributed by atoms with Gasteiger partial charge in [0.05, 0.1) is 11.4 Å². The fourth-order valence-electron chi connectivity index (χ4n) is 1.67. The van der Waals surface area contributed by atoms with Gasteiger partial charge in [0, 0.05) is 23.0 Å². The van der Waals surface area contributed by atoms with Crippen molar-refractivity contribution in [2.24, 2.45) is 5.73 Å². The molecule has 19 heavy (non-hydrogen) atoms. The van der Waals surface area contributed by atoms with E-state index in [1.165, 1.54) is 11.8 Å². The van der Waals surface area contributed by atoms with Crippen LogP contribution in [0, 0.1) is 0 Å². The highest BCUT2D eigenvalue weighted by Crippen LogP contribution is 2.33. The molecule has 0 fully saturated rings. The van der Waals surface area contributed by atoms with Gasteiger partial charge < -0.3 is 16.4 Å². The highest BCUT2D eigenvalue weighted by Gasteiger charge is 2.16. The van der Waals surface area contributed by atoms with Crippen molar-refractivity contribution in [3.63, 3.8) is 0 Å². The van der Waals surface area contributed by atoms with E-state index in [4.69, 9.17) is 5.73 Å². The van der Waals surface area contributed by atoms with Crippen LogP contribution in [0.2, 0.25) is 0 Å². The van der Waals surface area contributed by atoms with Crippen LogP contribution in [0.3, 0.4) is 0 Å². The Morgan fingerprint density at radius 3 is 3.00 bits per heavy atom. The Hall–Kier alpha value is -1.24. The van der Waals surface area contributed by atoms with Crippen LogP contribution in [-0.2, 0) is 9.59 Å². The zero-order valence-corrected chi connectivity index (χ0v) is 12.1. The molecule has 2 amide bonds. The standard InChI is InChI=1S/C12H15N3O2S.ClH/c1-7(13)4-11(16)14-8-2-3-10-9(5-8)15-12(17)6-18-10;/h2-3,5,7H,4,6,13H2,1H3,(H,14,16)(H,15,17);1H. The lowest BCUT2D eigenvalue weighted by Crippen LogP contribution is -2.24. The molecule has 4 N–H and O–H groups in total. The number of nitrogens with two attached hydrogens (primary N) is 1. The van der Waals surface area contributed by atoms with Gasteiger partial charge in [0.1, 0.15) is 0 Å². The maximum Gasteiger partial charge on any atom is 0.234 e. The van der Waals surface area contributed by atoms with Crippen LogP contribution in [0.15, 0.2) is 23.1 Å². The Morgan fingerprint density at radius 1 is 1.58 bits per heavy atom. The summed E-state index contributed by atoms with van der Waals surface area (Å²) in [6.45, 7) is 1.78. The van der Waals surface area contributed by atoms with E-state index in [2.05, 4.69) is 10.6 Å². The zero-order chi connectivity index (χ0) is 13.1. The molecule has 1 aliphatic rings. The van der Waals surface area contributed by atoms with Crippen molar-refractivity contribution >= 4 is 47.4 Å². The van der Waals surface area contributed by atoms with E-state index in [-0.39, 0.29) is 36.7 Å². The summed E-state index contributed by atoms with van der Waals surface area (Å²) in [6.07, 6.45) is 0.276. The second kappa shape index (κ2) is 6.79. The number of nitrogens with one attached hydrogen (secondary N) is 2. The largest absolute Gasteiger partial charge is 0.327 e. The molecule has 0 radical (unpaired) electrons. The quantitative estimate of drug-likeness (QED) is 0.795. The van der Waals surface area contributed by atoms with E-state index >= 15 is 0 Å². The minimum absolute atomic E-state index is 0. The summed E-state index contributed by atoms with van der Waals surface area (Å²) in [4.78, 5) is 23.9. The molecule has 1 aromatic carbocycles. The van der Waals surface area contributed by atoms with E-state index < -0.39 is 0 Å². The fourth-order valence-corrected chi connectivity index (χ4v) is 2.45. The summed E-state index contributed by atoms with van der Waals surface area (Å²) in [6, 6.07) is 5.31. The number of carbonyl (C=O) groups is 2. The Kier molecular flexibility index (Phi) is 5.65. The van der Waals surface area contributed by atoms with E-state index in [0.29, 0.717) is 11.4 Å². The summed E-state index contributed by atoms with van der Waals surface area (Å²) in [7, 11) is 0. The van der Waals surface area contributed by atoms with E-state index in [0.717, 1.165) is 10.6 Å². The number of amides is 2. The minimum Gasteiger partial charge on any atom is -0.327 e. The topological polar surface area (TPSA) is 84.2 Å². The van der Waals surface area contributed by atoms with Gasteiger partial charge in [-0.15, -0.1) is 24.2 Å². The Balaban J connectivity index is 0.00000180. The van der Waals surface area contributed by atoms with Crippen molar-refractivity contribution < 1.29 is 9.59 Å². The molecule has 0 spiro atoms. The van der Waals surface area contributed by atoms with Crippen molar-refractivity contribution in [3.8, 4) is 0 Å². The van der Waals surface area contributed by atoms with Gasteiger partial charge in [0.2, 0.25) is 11.8 Å². The number of hydrogen-bond donors (Lipinski definition) is 3. The van der Waals surface area contributed by atoms with Gasteiger partial charge in [-0.2, -0.15) is 0 Å². The van der Waals surface area contributed by atoms with Crippen LogP contribution in [0.5, 0.6) is 0 Å². The molecule has 1 atom stereocenters. The smallest absolute Gasteiger partial charge is 0.234 e. The third-order valence-electron chi connectivity index (χ3n) is 2.40. The number of hydrogen-bond acceptors (Lipinski definition) is 4. The van der Waals surface area contributed by atoms with Gasteiger partial charge in [0.25, 0.3) is 0 Å². The van der Waals surface area contributed by atoms with Crippen LogP contribution >= 0.6 is 24.2 Å². The average molecular weight is 302 g/mol. The van der Waals surface area contributed by atoms with Crippen LogP contribution in [0.25, 0.3) is 0 Å². The van der Waals surface area contributed by atoms with E-state index in [9.17, 15) is 9.59 Å². The normalized spacial score (nSPS) is 14.7. The molecule has 0 bridgehead atoms. The van der Waals surface area contributed by atoms with Crippen LogP contribution < -0.4 is 16.4 Å². The van der Waals surface area contributed by atoms with Crippen molar-refractivity contribution in [1.29, 1.82) is 0 Å². The van der Waals surface area contributed by atoms with E-state index in [1.54, 1.807) is 13.0 Å². The number of halogens is 1. The number of anilines is 2. The van der Waals surface area contributed by atoms with Gasteiger partial charge in [-0.3, -0.25) is 9.59 Å². The zero-order valence-electron chi connectivity index (χ0n) is 10.4. The van der Waals surface area contributed by atoms with Crippen molar-refractivity contribution in [1.82, 2.24) is 0 Å². The monoisotopic (exact) mass is 301 g/mol. The maximum atomic E-state index is 11.6. The fraction of sp³-hybridized carbons (Fsp3) is 0.333. The van der Waals surface area contributed by atoms with Gasteiger partial charge in [-0.25, -0.2) is 0 Å². The number of fused-ring (bicyclic) bond motifs is 1. The average Bonchev–Trinajstić information content (AvgIpc) is 2.27. The number of thioether (sulfide) groups is 1. The molecule has 1 aromatic rings. The first-order chi connectivity index (χ1) is 8.54. The molecule has 1 heterocycles. The minimum atomic E-state index is -0.169. The molecular formula is C12H16ClN3O2S. The van der Waals surface area contributed by atoms with Crippen LogP contribution in [-0.4, -0.2) is 23.6 Å². The molecule has 2 rings (SSSR count). The van der Waals surface area contributed by atoms with Gasteiger partial charge in [0.15, 0.2) is 0 Å². The SMILES string of the molecule is CC(N)CC(=O)Nc1ccc2c(c1)NC(=O)CS2.Cl. The lowest BCUT2D eigenvalue weighted by atomic mass is 10.2.